The summed E-state index contributed by atoms with van der Waals surface area (Å²) in [6, 6.07) is 17.8. The highest BCUT2D eigenvalue weighted by Crippen LogP contribution is 2.16. The van der Waals surface area contributed by atoms with E-state index in [0.29, 0.717) is 11.7 Å². The first kappa shape index (κ1) is 19.6. The van der Waals surface area contributed by atoms with Gasteiger partial charge in [-0.05, 0) is 55.9 Å². The van der Waals surface area contributed by atoms with Crippen molar-refractivity contribution in [3.05, 3.63) is 77.1 Å². The minimum Gasteiger partial charge on any atom is -0.497 e. The molecule has 0 aliphatic carbocycles. The molecule has 0 radical (unpaired) electrons. The molecule has 0 unspecified atom stereocenters. The normalized spacial score (nSPS) is 10.8. The van der Waals surface area contributed by atoms with Crippen LogP contribution in [0.2, 0.25) is 0 Å². The molecule has 0 fully saturated rings. The summed E-state index contributed by atoms with van der Waals surface area (Å²) in [4.78, 5) is 0. The van der Waals surface area contributed by atoms with E-state index in [9.17, 15) is 0 Å². The van der Waals surface area contributed by atoms with Crippen molar-refractivity contribution in [2.45, 2.75) is 20.4 Å². The maximum atomic E-state index is 5.28. The van der Waals surface area contributed by atoms with Crippen molar-refractivity contribution in [1.29, 1.82) is 0 Å². The first-order chi connectivity index (χ1) is 13.6. The molecule has 0 spiro atoms. The predicted octanol–water partition coefficient (Wildman–Crippen LogP) is 3.50. The minimum atomic E-state index is 0.456. The topological polar surface area (TPSA) is 63.5 Å². The van der Waals surface area contributed by atoms with Crippen LogP contribution in [-0.4, -0.2) is 28.2 Å². The summed E-state index contributed by atoms with van der Waals surface area (Å²) in [6.45, 7) is 4.60. The Bertz CT molecular complexity index is 964. The maximum Gasteiger partial charge on any atom is 0.187 e. The number of para-hydroxylation sites is 1. The number of aromatic nitrogens is 2. The zero-order chi connectivity index (χ0) is 19.9. The van der Waals surface area contributed by atoms with Crippen molar-refractivity contribution in [3.63, 3.8) is 0 Å². The van der Waals surface area contributed by atoms with Crippen molar-refractivity contribution >= 4 is 23.5 Å². The van der Waals surface area contributed by atoms with Gasteiger partial charge >= 0.3 is 0 Å². The van der Waals surface area contributed by atoms with Gasteiger partial charge in [0.2, 0.25) is 0 Å². The van der Waals surface area contributed by atoms with Crippen molar-refractivity contribution in [3.8, 4) is 11.4 Å². The van der Waals surface area contributed by atoms with E-state index >= 15 is 0 Å². The second-order valence-corrected chi connectivity index (χ2v) is 6.64. The van der Waals surface area contributed by atoms with Crippen LogP contribution in [0.1, 0.15) is 22.5 Å². The lowest BCUT2D eigenvalue weighted by molar-refractivity contribution is 0.414. The van der Waals surface area contributed by atoms with Gasteiger partial charge in [0, 0.05) is 12.1 Å². The van der Waals surface area contributed by atoms with Crippen molar-refractivity contribution in [2.75, 3.05) is 7.11 Å². The van der Waals surface area contributed by atoms with Crippen molar-refractivity contribution < 1.29 is 4.74 Å². The molecule has 6 nitrogen and oxygen atoms in total. The molecule has 144 valence electrons. The number of methoxy groups -OCH3 is 1. The third-order valence-corrected chi connectivity index (χ3v) is 4.56. The Labute approximate surface area is 170 Å². The monoisotopic (exact) mass is 393 g/mol. The van der Waals surface area contributed by atoms with Crippen LogP contribution in [0.4, 0.5) is 0 Å². The Hall–Kier alpha value is -3.19. The Balaban J connectivity index is 1.58. The summed E-state index contributed by atoms with van der Waals surface area (Å²) >= 11 is 5.28. The zero-order valence-electron chi connectivity index (χ0n) is 16.1. The lowest BCUT2D eigenvalue weighted by Gasteiger charge is -2.07. The van der Waals surface area contributed by atoms with Crippen molar-refractivity contribution in [2.24, 2.45) is 5.10 Å². The van der Waals surface area contributed by atoms with Crippen LogP contribution in [0.25, 0.3) is 5.69 Å². The van der Waals surface area contributed by atoms with Gasteiger partial charge in [0.15, 0.2) is 5.11 Å². The fraction of sp³-hybridized carbons (Fsp3) is 0.190. The SMILES string of the molecule is COc1ccc(CNC(=S)N/N=C\c2c(C)nn(-c3ccccc3)c2C)cc1. The van der Waals surface area contributed by atoms with Gasteiger partial charge in [0.1, 0.15) is 5.75 Å². The van der Waals surface area contributed by atoms with Gasteiger partial charge in [-0.15, -0.1) is 0 Å². The lowest BCUT2D eigenvalue weighted by atomic mass is 10.2. The first-order valence-electron chi connectivity index (χ1n) is 8.90. The Morgan fingerprint density at radius 1 is 1.14 bits per heavy atom. The van der Waals surface area contributed by atoms with Gasteiger partial charge in [0.25, 0.3) is 0 Å². The minimum absolute atomic E-state index is 0.456. The molecule has 0 aliphatic rings. The Morgan fingerprint density at radius 3 is 2.54 bits per heavy atom. The molecule has 3 aromatic rings. The summed E-state index contributed by atoms with van der Waals surface area (Å²) in [6.07, 6.45) is 1.75. The van der Waals surface area contributed by atoms with E-state index in [0.717, 1.165) is 34.0 Å². The molecular weight excluding hydrogens is 370 g/mol. The maximum absolute atomic E-state index is 5.28. The van der Waals surface area contributed by atoms with Crippen LogP contribution in [-0.2, 0) is 6.54 Å². The number of ether oxygens (including phenoxy) is 1. The number of thiocarbonyl (C=S) groups is 1. The van der Waals surface area contributed by atoms with E-state index in [1.807, 2.05) is 73.1 Å². The van der Waals surface area contributed by atoms with Gasteiger partial charge in [-0.25, -0.2) is 4.68 Å². The van der Waals surface area contributed by atoms with E-state index in [4.69, 9.17) is 17.0 Å². The number of aryl methyl sites for hydroxylation is 1. The van der Waals surface area contributed by atoms with Crippen LogP contribution in [0.3, 0.4) is 0 Å². The molecule has 28 heavy (non-hydrogen) atoms. The van der Waals surface area contributed by atoms with Crippen LogP contribution in [0, 0.1) is 13.8 Å². The van der Waals surface area contributed by atoms with E-state index in [2.05, 4.69) is 20.9 Å². The van der Waals surface area contributed by atoms with Crippen LogP contribution < -0.4 is 15.5 Å². The van der Waals surface area contributed by atoms with E-state index in [1.165, 1.54) is 0 Å². The molecule has 0 bridgehead atoms. The average molecular weight is 394 g/mol. The van der Waals surface area contributed by atoms with Gasteiger partial charge in [0.05, 0.1) is 30.4 Å². The highest BCUT2D eigenvalue weighted by molar-refractivity contribution is 7.80. The summed E-state index contributed by atoms with van der Waals surface area (Å²) in [5, 5.41) is 12.4. The molecule has 0 aliphatic heterocycles. The molecule has 7 heteroatoms. The largest absolute Gasteiger partial charge is 0.497 e. The van der Waals surface area contributed by atoms with Gasteiger partial charge in [-0.1, -0.05) is 30.3 Å². The third kappa shape index (κ3) is 4.75. The predicted molar refractivity (Wildman–Crippen MR) is 116 cm³/mol. The molecular formula is C21H23N5OS. The number of nitrogens with zero attached hydrogens (tertiary/aromatic N) is 3. The molecule has 3 rings (SSSR count). The Morgan fingerprint density at radius 2 is 1.86 bits per heavy atom. The fourth-order valence-corrected chi connectivity index (χ4v) is 2.91. The number of benzene rings is 2. The van der Waals surface area contributed by atoms with Crippen LogP contribution >= 0.6 is 12.2 Å². The standard InChI is InChI=1S/C21H23N5OS/c1-15-20(16(2)26(25-15)18-7-5-4-6-8-18)14-23-24-21(28)22-13-17-9-11-19(27-3)12-10-17/h4-12,14H,13H2,1-3H3,(H2,22,24,28)/b23-14-. The molecule has 0 saturated heterocycles. The molecule has 0 saturated carbocycles. The summed E-state index contributed by atoms with van der Waals surface area (Å²) < 4.78 is 7.07. The average Bonchev–Trinajstić information content (AvgIpc) is 3.01. The van der Waals surface area contributed by atoms with Gasteiger partial charge < -0.3 is 10.1 Å². The summed E-state index contributed by atoms with van der Waals surface area (Å²) in [7, 11) is 1.65. The summed E-state index contributed by atoms with van der Waals surface area (Å²) in [5.74, 6) is 0.829. The van der Waals surface area contributed by atoms with E-state index < -0.39 is 0 Å². The smallest absolute Gasteiger partial charge is 0.187 e. The molecule has 0 amide bonds. The number of rotatable bonds is 6. The molecule has 0 atom stereocenters. The van der Waals surface area contributed by atoms with E-state index in [1.54, 1.807) is 13.3 Å². The zero-order valence-corrected chi connectivity index (χ0v) is 17.0. The summed E-state index contributed by atoms with van der Waals surface area (Å²) in [5.41, 5.74) is 7.87. The number of nitrogens with one attached hydrogen (secondary N) is 2. The van der Waals surface area contributed by atoms with Crippen LogP contribution in [0.5, 0.6) is 5.75 Å². The fourth-order valence-electron chi connectivity index (χ4n) is 2.78. The molecule has 1 heterocycles. The number of hydrogen-bond donors (Lipinski definition) is 2. The van der Waals surface area contributed by atoms with E-state index in [-0.39, 0.29) is 0 Å². The first-order valence-corrected chi connectivity index (χ1v) is 9.31. The second-order valence-electron chi connectivity index (χ2n) is 6.23. The van der Waals surface area contributed by atoms with Crippen molar-refractivity contribution in [1.82, 2.24) is 20.5 Å². The highest BCUT2D eigenvalue weighted by Gasteiger charge is 2.10. The molecule has 1 aromatic heterocycles. The lowest BCUT2D eigenvalue weighted by Crippen LogP contribution is -2.31. The number of hydrogen-bond acceptors (Lipinski definition) is 4. The third-order valence-electron chi connectivity index (χ3n) is 4.32. The Kier molecular flexibility index (Phi) is 6.39. The van der Waals surface area contributed by atoms with Crippen LogP contribution in [0.15, 0.2) is 59.7 Å². The molecule has 2 N–H and O–H groups in total. The number of hydrazone groups is 1. The second kappa shape index (κ2) is 9.14. The van der Waals surface area contributed by atoms with Gasteiger partial charge in [-0.2, -0.15) is 10.2 Å². The highest BCUT2D eigenvalue weighted by atomic mass is 32.1. The quantitative estimate of drug-likeness (QED) is 0.381. The molecule has 2 aromatic carbocycles. The van der Waals surface area contributed by atoms with Gasteiger partial charge in [-0.3, -0.25) is 5.43 Å².